The van der Waals surface area contributed by atoms with E-state index in [1.807, 2.05) is 0 Å². The molecule has 3 heterocycles. The van der Waals surface area contributed by atoms with Crippen LogP contribution >= 0.6 is 0 Å². The molecule has 1 fully saturated rings. The van der Waals surface area contributed by atoms with Crippen LogP contribution in [0, 0.1) is 12.7 Å². The zero-order chi connectivity index (χ0) is 17.6. The molecule has 25 heavy (non-hydrogen) atoms. The summed E-state index contributed by atoms with van der Waals surface area (Å²) in [6, 6.07) is 4.21. The zero-order valence-corrected chi connectivity index (χ0v) is 13.7. The summed E-state index contributed by atoms with van der Waals surface area (Å²) in [5, 5.41) is 5.23. The quantitative estimate of drug-likeness (QED) is 0.678. The monoisotopic (exact) mass is 343 g/mol. The number of aromatic amines is 3. The third-order valence-corrected chi connectivity index (χ3v) is 4.77. The normalized spacial score (nSPS) is 17.5. The molecular weight excluding hydrogens is 325 g/mol. The van der Waals surface area contributed by atoms with Crippen LogP contribution < -0.4 is 5.56 Å². The van der Waals surface area contributed by atoms with Crippen molar-refractivity contribution in [1.29, 1.82) is 0 Å². The minimum Gasteiger partial charge on any atom is -0.340 e. The summed E-state index contributed by atoms with van der Waals surface area (Å²) >= 11 is 0. The minimum absolute atomic E-state index is 0.0516. The van der Waals surface area contributed by atoms with Crippen molar-refractivity contribution in [2.75, 3.05) is 6.54 Å². The van der Waals surface area contributed by atoms with E-state index >= 15 is 0 Å². The molecule has 0 spiro atoms. The minimum atomic E-state index is -0.329. The van der Waals surface area contributed by atoms with Gasteiger partial charge in [-0.15, -0.1) is 0 Å². The molecule has 4 rings (SSSR count). The first-order valence-electron chi connectivity index (χ1n) is 8.23. The zero-order valence-electron chi connectivity index (χ0n) is 13.7. The van der Waals surface area contributed by atoms with Crippen LogP contribution in [0.25, 0.3) is 11.0 Å². The van der Waals surface area contributed by atoms with Crippen LogP contribution in [0.1, 0.15) is 36.0 Å². The summed E-state index contributed by atoms with van der Waals surface area (Å²) in [5.74, 6) is 0.220. The fraction of sp³-hybridized carbons (Fsp3) is 0.353. The van der Waals surface area contributed by atoms with E-state index in [2.05, 4.69) is 20.2 Å². The van der Waals surface area contributed by atoms with E-state index in [0.717, 1.165) is 12.8 Å². The first-order chi connectivity index (χ1) is 12.0. The molecule has 3 aromatic rings. The number of imidazole rings is 1. The SMILES string of the molecule is Cc1[nH][nH]c(=O)c1CC(=O)N1CCCC1c1nc2ccc(F)cc2[nH]1. The van der Waals surface area contributed by atoms with Gasteiger partial charge in [-0.2, -0.15) is 0 Å². The number of fused-ring (bicyclic) bond motifs is 1. The second-order valence-electron chi connectivity index (χ2n) is 6.39. The molecule has 7 nitrogen and oxygen atoms in total. The Morgan fingerprint density at radius 2 is 2.24 bits per heavy atom. The molecule has 1 aliphatic heterocycles. The lowest BCUT2D eigenvalue weighted by molar-refractivity contribution is -0.131. The number of carbonyl (C=O) groups excluding carboxylic acids is 1. The molecule has 0 aliphatic carbocycles. The first kappa shape index (κ1) is 15.6. The van der Waals surface area contributed by atoms with Gasteiger partial charge in [-0.1, -0.05) is 0 Å². The van der Waals surface area contributed by atoms with Crippen molar-refractivity contribution in [2.45, 2.75) is 32.2 Å². The Hall–Kier alpha value is -2.90. The summed E-state index contributed by atoms with van der Waals surface area (Å²) in [7, 11) is 0. The van der Waals surface area contributed by atoms with E-state index < -0.39 is 0 Å². The molecular formula is C17H18FN5O2. The number of carbonyl (C=O) groups is 1. The molecule has 1 aliphatic rings. The lowest BCUT2D eigenvalue weighted by atomic mass is 10.1. The Balaban J connectivity index is 1.61. The van der Waals surface area contributed by atoms with Gasteiger partial charge in [-0.25, -0.2) is 9.37 Å². The fourth-order valence-electron chi connectivity index (χ4n) is 3.45. The van der Waals surface area contributed by atoms with Crippen LogP contribution in [-0.2, 0) is 11.2 Å². The van der Waals surface area contributed by atoms with Gasteiger partial charge < -0.3 is 15.0 Å². The van der Waals surface area contributed by atoms with Crippen molar-refractivity contribution in [3.63, 3.8) is 0 Å². The van der Waals surface area contributed by atoms with E-state index in [0.29, 0.717) is 34.7 Å². The lowest BCUT2D eigenvalue weighted by Crippen LogP contribution is -2.33. The van der Waals surface area contributed by atoms with Crippen LogP contribution in [0.15, 0.2) is 23.0 Å². The molecule has 2 aromatic heterocycles. The van der Waals surface area contributed by atoms with Crippen LogP contribution in [0.3, 0.4) is 0 Å². The molecule has 1 saturated heterocycles. The van der Waals surface area contributed by atoms with E-state index in [1.54, 1.807) is 17.9 Å². The highest BCUT2D eigenvalue weighted by Gasteiger charge is 2.32. The van der Waals surface area contributed by atoms with Crippen LogP contribution in [0.4, 0.5) is 4.39 Å². The standard InChI is InChI=1S/C17H18FN5O2/c1-9-11(17(25)22-21-9)8-15(24)23-6-2-3-14(23)16-19-12-5-4-10(18)7-13(12)20-16/h4-5,7,14H,2-3,6,8H2,1H3,(H,19,20)(H2,21,22,25). The van der Waals surface area contributed by atoms with Crippen LogP contribution in [0.2, 0.25) is 0 Å². The van der Waals surface area contributed by atoms with Gasteiger partial charge in [0.2, 0.25) is 5.91 Å². The number of likely N-dealkylation sites (tertiary alicyclic amines) is 1. The molecule has 0 saturated carbocycles. The maximum absolute atomic E-state index is 13.4. The van der Waals surface area contributed by atoms with Crippen molar-refractivity contribution in [2.24, 2.45) is 0 Å². The van der Waals surface area contributed by atoms with Gasteiger partial charge in [-0.3, -0.25) is 14.7 Å². The molecule has 130 valence electrons. The summed E-state index contributed by atoms with van der Waals surface area (Å²) < 4.78 is 13.4. The summed E-state index contributed by atoms with van der Waals surface area (Å²) in [4.78, 5) is 33.9. The van der Waals surface area contributed by atoms with E-state index in [9.17, 15) is 14.0 Å². The van der Waals surface area contributed by atoms with Gasteiger partial charge in [-0.05, 0) is 38.0 Å². The van der Waals surface area contributed by atoms with E-state index in [1.165, 1.54) is 12.1 Å². The highest BCUT2D eigenvalue weighted by atomic mass is 19.1. The van der Waals surface area contributed by atoms with Crippen molar-refractivity contribution in [3.8, 4) is 0 Å². The number of nitrogens with zero attached hydrogens (tertiary/aromatic N) is 2. The smallest absolute Gasteiger partial charge is 0.267 e. The van der Waals surface area contributed by atoms with Crippen molar-refractivity contribution in [3.05, 3.63) is 51.5 Å². The number of hydrogen-bond acceptors (Lipinski definition) is 3. The predicted molar refractivity (Wildman–Crippen MR) is 89.6 cm³/mol. The Kier molecular flexibility index (Phi) is 3.67. The van der Waals surface area contributed by atoms with Crippen molar-refractivity contribution in [1.82, 2.24) is 25.1 Å². The molecule has 1 unspecified atom stereocenters. The second-order valence-corrected chi connectivity index (χ2v) is 6.39. The third-order valence-electron chi connectivity index (χ3n) is 4.77. The number of rotatable bonds is 3. The van der Waals surface area contributed by atoms with E-state index in [-0.39, 0.29) is 29.7 Å². The largest absolute Gasteiger partial charge is 0.340 e. The highest BCUT2D eigenvalue weighted by molar-refractivity contribution is 5.80. The summed E-state index contributed by atoms with van der Waals surface area (Å²) in [5.41, 5.74) is 2.16. The van der Waals surface area contributed by atoms with Gasteiger partial charge in [0.25, 0.3) is 5.56 Å². The van der Waals surface area contributed by atoms with Crippen LogP contribution in [-0.4, -0.2) is 37.5 Å². The molecule has 8 heteroatoms. The topological polar surface area (TPSA) is 97.6 Å². The number of halogens is 1. The first-order valence-corrected chi connectivity index (χ1v) is 8.23. The van der Waals surface area contributed by atoms with Gasteiger partial charge in [0.15, 0.2) is 0 Å². The van der Waals surface area contributed by atoms with Crippen LogP contribution in [0.5, 0.6) is 0 Å². The van der Waals surface area contributed by atoms with Crippen molar-refractivity contribution >= 4 is 16.9 Å². The summed E-state index contributed by atoms with van der Waals surface area (Å²) in [6.07, 6.45) is 1.71. The maximum Gasteiger partial charge on any atom is 0.267 e. The number of benzene rings is 1. The molecule has 1 aromatic carbocycles. The Morgan fingerprint density at radius 1 is 1.40 bits per heavy atom. The maximum atomic E-state index is 13.4. The molecule has 0 radical (unpaired) electrons. The average Bonchev–Trinajstić information content (AvgIpc) is 3.28. The second kappa shape index (κ2) is 5.87. The highest BCUT2D eigenvalue weighted by Crippen LogP contribution is 2.32. The predicted octanol–water partition coefficient (Wildman–Crippen LogP) is 1.93. The molecule has 0 bridgehead atoms. The number of hydrogen-bond donors (Lipinski definition) is 3. The number of H-pyrrole nitrogens is 3. The molecule has 1 amide bonds. The van der Waals surface area contributed by atoms with Crippen molar-refractivity contribution < 1.29 is 9.18 Å². The number of aryl methyl sites for hydroxylation is 1. The van der Waals surface area contributed by atoms with Gasteiger partial charge in [0, 0.05) is 17.8 Å². The number of nitrogens with one attached hydrogen (secondary N) is 3. The Morgan fingerprint density at radius 3 is 3.00 bits per heavy atom. The molecule has 1 atom stereocenters. The average molecular weight is 343 g/mol. The van der Waals surface area contributed by atoms with Gasteiger partial charge in [0.1, 0.15) is 11.6 Å². The Bertz CT molecular complexity index is 1000. The molecule has 3 N–H and O–H groups in total. The van der Waals surface area contributed by atoms with Gasteiger partial charge >= 0.3 is 0 Å². The van der Waals surface area contributed by atoms with E-state index in [4.69, 9.17) is 0 Å². The fourth-order valence-corrected chi connectivity index (χ4v) is 3.45. The summed E-state index contributed by atoms with van der Waals surface area (Å²) in [6.45, 7) is 2.38. The number of amides is 1. The van der Waals surface area contributed by atoms with Gasteiger partial charge in [0.05, 0.1) is 23.5 Å². The lowest BCUT2D eigenvalue weighted by Gasteiger charge is -2.23. The number of aromatic nitrogens is 4. The third kappa shape index (κ3) is 2.73. The Labute approximate surface area is 142 Å².